The standard InChI is InChI=1S/C14H20N2S/c1-3-11(8-15)9-16(2)13-10-17-14-7-5-4-6-12(13)14/h4-7,10-11H,3,8-9,15H2,1-2H3. The fraction of sp³-hybridized carbons (Fsp3) is 0.429. The Hall–Kier alpha value is -1.06. The van der Waals surface area contributed by atoms with Gasteiger partial charge in [0.15, 0.2) is 0 Å². The highest BCUT2D eigenvalue weighted by Crippen LogP contribution is 2.32. The molecule has 1 atom stereocenters. The van der Waals surface area contributed by atoms with E-state index >= 15 is 0 Å². The summed E-state index contributed by atoms with van der Waals surface area (Å²) < 4.78 is 1.36. The molecule has 0 aliphatic heterocycles. The molecule has 0 radical (unpaired) electrons. The number of hydrogen-bond donors (Lipinski definition) is 1. The molecule has 2 rings (SSSR count). The van der Waals surface area contributed by atoms with Crippen molar-refractivity contribution in [2.45, 2.75) is 13.3 Å². The Labute approximate surface area is 107 Å². The molecular formula is C14H20N2S. The first-order valence-electron chi connectivity index (χ1n) is 6.13. The molecule has 0 aliphatic carbocycles. The number of fused-ring (bicyclic) bond motifs is 1. The Bertz CT molecular complexity index is 474. The zero-order chi connectivity index (χ0) is 12.3. The van der Waals surface area contributed by atoms with Crippen LogP contribution in [0.4, 0.5) is 5.69 Å². The summed E-state index contributed by atoms with van der Waals surface area (Å²) in [6, 6.07) is 8.57. The van der Waals surface area contributed by atoms with Crippen molar-refractivity contribution in [3.63, 3.8) is 0 Å². The van der Waals surface area contributed by atoms with Crippen molar-refractivity contribution in [3.8, 4) is 0 Å². The molecule has 17 heavy (non-hydrogen) atoms. The Morgan fingerprint density at radius 1 is 1.35 bits per heavy atom. The predicted octanol–water partition coefficient (Wildman–Crippen LogP) is 3.32. The van der Waals surface area contributed by atoms with Crippen LogP contribution in [-0.2, 0) is 0 Å². The van der Waals surface area contributed by atoms with Gasteiger partial charge in [0.2, 0.25) is 0 Å². The first-order valence-corrected chi connectivity index (χ1v) is 7.01. The van der Waals surface area contributed by atoms with Crippen LogP contribution in [0.1, 0.15) is 13.3 Å². The van der Waals surface area contributed by atoms with E-state index in [0.29, 0.717) is 5.92 Å². The van der Waals surface area contributed by atoms with Crippen LogP contribution >= 0.6 is 11.3 Å². The number of nitrogens with two attached hydrogens (primary N) is 1. The van der Waals surface area contributed by atoms with Crippen molar-refractivity contribution in [2.75, 3.05) is 25.0 Å². The van der Waals surface area contributed by atoms with Crippen molar-refractivity contribution in [1.29, 1.82) is 0 Å². The van der Waals surface area contributed by atoms with Crippen molar-refractivity contribution < 1.29 is 0 Å². The second kappa shape index (κ2) is 5.52. The summed E-state index contributed by atoms with van der Waals surface area (Å²) in [6.07, 6.45) is 1.14. The van der Waals surface area contributed by atoms with Gasteiger partial charge in [-0.25, -0.2) is 0 Å². The molecule has 1 heterocycles. The minimum atomic E-state index is 0.582. The lowest BCUT2D eigenvalue weighted by Gasteiger charge is -2.23. The number of rotatable bonds is 5. The maximum Gasteiger partial charge on any atom is 0.0552 e. The average Bonchev–Trinajstić information content (AvgIpc) is 2.79. The molecule has 2 aromatic rings. The van der Waals surface area contributed by atoms with Crippen LogP contribution < -0.4 is 10.6 Å². The van der Waals surface area contributed by atoms with E-state index < -0.39 is 0 Å². The molecule has 0 amide bonds. The first kappa shape index (κ1) is 12.4. The lowest BCUT2D eigenvalue weighted by molar-refractivity contribution is 0.521. The van der Waals surface area contributed by atoms with Gasteiger partial charge in [-0.3, -0.25) is 0 Å². The topological polar surface area (TPSA) is 29.3 Å². The number of benzene rings is 1. The van der Waals surface area contributed by atoms with E-state index in [1.165, 1.54) is 15.8 Å². The van der Waals surface area contributed by atoms with E-state index in [1.54, 1.807) is 0 Å². The molecule has 1 unspecified atom stereocenters. The van der Waals surface area contributed by atoms with E-state index in [9.17, 15) is 0 Å². The van der Waals surface area contributed by atoms with Gasteiger partial charge >= 0.3 is 0 Å². The summed E-state index contributed by atoms with van der Waals surface area (Å²) in [6.45, 7) is 4.01. The van der Waals surface area contributed by atoms with Gasteiger partial charge in [0.1, 0.15) is 0 Å². The second-order valence-electron chi connectivity index (χ2n) is 4.51. The normalized spacial score (nSPS) is 12.9. The minimum Gasteiger partial charge on any atom is -0.373 e. The molecule has 1 aromatic heterocycles. The van der Waals surface area contributed by atoms with E-state index in [4.69, 9.17) is 5.73 Å². The van der Waals surface area contributed by atoms with Crippen LogP contribution in [-0.4, -0.2) is 20.1 Å². The third-order valence-corrected chi connectivity index (χ3v) is 4.27. The highest BCUT2D eigenvalue weighted by Gasteiger charge is 2.12. The monoisotopic (exact) mass is 248 g/mol. The molecule has 0 saturated carbocycles. The van der Waals surface area contributed by atoms with Gasteiger partial charge in [0, 0.05) is 29.1 Å². The molecule has 92 valence electrons. The molecule has 0 aliphatic rings. The molecular weight excluding hydrogens is 228 g/mol. The Morgan fingerprint density at radius 2 is 2.12 bits per heavy atom. The summed E-state index contributed by atoms with van der Waals surface area (Å²) in [5, 5.41) is 3.60. The fourth-order valence-electron chi connectivity index (χ4n) is 2.12. The van der Waals surface area contributed by atoms with Crippen LogP contribution in [0.25, 0.3) is 10.1 Å². The summed E-state index contributed by atoms with van der Waals surface area (Å²) in [5.41, 5.74) is 7.10. The lowest BCUT2D eigenvalue weighted by atomic mass is 10.1. The zero-order valence-electron chi connectivity index (χ0n) is 10.5. The van der Waals surface area contributed by atoms with E-state index in [0.717, 1.165) is 19.5 Å². The third kappa shape index (κ3) is 2.61. The number of anilines is 1. The molecule has 0 spiro atoms. The largest absolute Gasteiger partial charge is 0.373 e. The van der Waals surface area contributed by atoms with Crippen LogP contribution in [0, 0.1) is 5.92 Å². The lowest BCUT2D eigenvalue weighted by Crippen LogP contribution is -2.29. The maximum absolute atomic E-state index is 5.77. The Kier molecular flexibility index (Phi) is 4.02. The van der Waals surface area contributed by atoms with Crippen LogP contribution in [0.15, 0.2) is 29.6 Å². The average molecular weight is 248 g/mol. The van der Waals surface area contributed by atoms with Gasteiger partial charge in [-0.1, -0.05) is 31.5 Å². The zero-order valence-corrected chi connectivity index (χ0v) is 11.3. The summed E-state index contributed by atoms with van der Waals surface area (Å²) >= 11 is 1.81. The van der Waals surface area contributed by atoms with Crippen molar-refractivity contribution in [1.82, 2.24) is 0 Å². The minimum absolute atomic E-state index is 0.582. The highest BCUT2D eigenvalue weighted by molar-refractivity contribution is 7.17. The van der Waals surface area contributed by atoms with Gasteiger partial charge in [-0.05, 0) is 18.5 Å². The molecule has 0 bridgehead atoms. The molecule has 0 saturated heterocycles. The van der Waals surface area contributed by atoms with Crippen LogP contribution in [0.5, 0.6) is 0 Å². The first-order chi connectivity index (χ1) is 8.26. The van der Waals surface area contributed by atoms with Gasteiger partial charge in [0.05, 0.1) is 5.69 Å². The Balaban J connectivity index is 2.21. The van der Waals surface area contributed by atoms with E-state index in [2.05, 4.69) is 48.5 Å². The van der Waals surface area contributed by atoms with Crippen molar-refractivity contribution >= 4 is 27.1 Å². The SMILES string of the molecule is CCC(CN)CN(C)c1csc2ccccc12. The van der Waals surface area contributed by atoms with Gasteiger partial charge in [-0.2, -0.15) is 0 Å². The van der Waals surface area contributed by atoms with Crippen LogP contribution in [0.2, 0.25) is 0 Å². The van der Waals surface area contributed by atoms with Gasteiger partial charge in [-0.15, -0.1) is 11.3 Å². The summed E-state index contributed by atoms with van der Waals surface area (Å²) in [4.78, 5) is 2.33. The quantitative estimate of drug-likeness (QED) is 0.879. The smallest absolute Gasteiger partial charge is 0.0552 e. The van der Waals surface area contributed by atoms with Crippen LogP contribution in [0.3, 0.4) is 0 Å². The predicted molar refractivity (Wildman–Crippen MR) is 77.9 cm³/mol. The highest BCUT2D eigenvalue weighted by atomic mass is 32.1. The maximum atomic E-state index is 5.77. The number of hydrogen-bond acceptors (Lipinski definition) is 3. The number of thiophene rings is 1. The summed E-state index contributed by atoms with van der Waals surface area (Å²) in [5.74, 6) is 0.582. The summed E-state index contributed by atoms with van der Waals surface area (Å²) in [7, 11) is 2.16. The molecule has 3 heteroatoms. The Morgan fingerprint density at radius 3 is 2.82 bits per heavy atom. The number of nitrogens with zero attached hydrogens (tertiary/aromatic N) is 1. The van der Waals surface area contributed by atoms with Crippen molar-refractivity contribution in [3.05, 3.63) is 29.6 Å². The molecule has 2 nitrogen and oxygen atoms in total. The molecule has 0 fully saturated rings. The molecule has 1 aromatic carbocycles. The van der Waals surface area contributed by atoms with Gasteiger partial charge in [0.25, 0.3) is 0 Å². The van der Waals surface area contributed by atoms with E-state index in [1.807, 2.05) is 11.3 Å². The van der Waals surface area contributed by atoms with Gasteiger partial charge < -0.3 is 10.6 Å². The van der Waals surface area contributed by atoms with Crippen molar-refractivity contribution in [2.24, 2.45) is 11.7 Å². The third-order valence-electron chi connectivity index (χ3n) is 3.31. The van der Waals surface area contributed by atoms with E-state index in [-0.39, 0.29) is 0 Å². The second-order valence-corrected chi connectivity index (χ2v) is 5.42. The fourth-order valence-corrected chi connectivity index (χ4v) is 3.12. The molecule has 2 N–H and O–H groups in total.